The van der Waals surface area contributed by atoms with E-state index >= 15 is 0 Å². The largest absolute Gasteiger partial charge is 0.339 e. The van der Waals surface area contributed by atoms with Crippen LogP contribution in [0.2, 0.25) is 0 Å². The van der Waals surface area contributed by atoms with Crippen LogP contribution in [0.3, 0.4) is 0 Å². The first-order valence-corrected chi connectivity index (χ1v) is 12.8. The van der Waals surface area contributed by atoms with Gasteiger partial charge in [0.25, 0.3) is 0 Å². The van der Waals surface area contributed by atoms with Gasteiger partial charge in [-0.1, -0.05) is 12.8 Å². The number of piperidine rings is 1. The number of thioether (sulfide) groups is 1. The zero-order valence-corrected chi connectivity index (χ0v) is 19.5. The molecule has 1 unspecified atom stereocenters. The van der Waals surface area contributed by atoms with Gasteiger partial charge in [0.15, 0.2) is 0 Å². The van der Waals surface area contributed by atoms with Gasteiger partial charge in [-0.25, -0.2) is 4.79 Å². The van der Waals surface area contributed by atoms with E-state index in [4.69, 9.17) is 0 Å². The molecular weight excluding hydrogens is 408 g/mol. The Kier molecular flexibility index (Phi) is 7.77. The highest BCUT2D eigenvalue weighted by Gasteiger charge is 2.27. The van der Waals surface area contributed by atoms with E-state index in [1.807, 2.05) is 33.7 Å². The Labute approximate surface area is 190 Å². The zero-order valence-electron chi connectivity index (χ0n) is 18.7. The summed E-state index contributed by atoms with van der Waals surface area (Å²) in [6, 6.07) is 8.55. The van der Waals surface area contributed by atoms with Crippen LogP contribution in [0.4, 0.5) is 10.5 Å². The van der Waals surface area contributed by atoms with E-state index in [0.717, 1.165) is 43.4 Å². The SMILES string of the molecule is CC1CCCCN1C(=O)CN1CCN(C(=O)Nc2ccc(SC3CCCC3)cc2)CC1. The smallest absolute Gasteiger partial charge is 0.321 e. The van der Waals surface area contributed by atoms with Gasteiger partial charge in [-0.3, -0.25) is 9.69 Å². The third kappa shape index (κ3) is 6.16. The highest BCUT2D eigenvalue weighted by molar-refractivity contribution is 8.00. The topological polar surface area (TPSA) is 55.9 Å². The first-order valence-electron chi connectivity index (χ1n) is 11.9. The summed E-state index contributed by atoms with van der Waals surface area (Å²) in [5.74, 6) is 0.237. The molecule has 1 aromatic carbocycles. The van der Waals surface area contributed by atoms with Gasteiger partial charge in [0.1, 0.15) is 0 Å². The summed E-state index contributed by atoms with van der Waals surface area (Å²) in [5, 5.41) is 3.78. The van der Waals surface area contributed by atoms with Gasteiger partial charge in [0, 0.05) is 54.6 Å². The normalized spacial score (nSPS) is 23.2. The standard InChI is InChI=1S/C24H36N4O2S/c1-19-6-4-5-13-28(19)23(29)18-26-14-16-27(17-15-26)24(30)25-20-9-11-22(12-10-20)31-21-7-2-3-8-21/h9-12,19,21H,2-8,13-18H2,1H3,(H,25,30). The molecule has 0 bridgehead atoms. The summed E-state index contributed by atoms with van der Waals surface area (Å²) in [5.41, 5.74) is 0.845. The van der Waals surface area contributed by atoms with Crippen molar-refractivity contribution in [3.8, 4) is 0 Å². The lowest BCUT2D eigenvalue weighted by Crippen LogP contribution is -2.53. The summed E-state index contributed by atoms with van der Waals surface area (Å²) in [6.45, 7) is 6.32. The lowest BCUT2D eigenvalue weighted by Gasteiger charge is -2.38. The molecule has 1 atom stereocenters. The fraction of sp³-hybridized carbons (Fsp3) is 0.667. The van der Waals surface area contributed by atoms with Gasteiger partial charge < -0.3 is 15.1 Å². The molecule has 1 aromatic rings. The average molecular weight is 445 g/mol. The van der Waals surface area contributed by atoms with Crippen molar-refractivity contribution in [3.05, 3.63) is 24.3 Å². The third-order valence-electron chi connectivity index (χ3n) is 6.85. The minimum absolute atomic E-state index is 0.0492. The van der Waals surface area contributed by atoms with E-state index < -0.39 is 0 Å². The number of benzene rings is 1. The quantitative estimate of drug-likeness (QED) is 0.737. The summed E-state index contributed by atoms with van der Waals surface area (Å²) in [7, 11) is 0. The summed E-state index contributed by atoms with van der Waals surface area (Å²) >= 11 is 1.96. The number of amides is 3. The molecule has 6 nitrogen and oxygen atoms in total. The van der Waals surface area contributed by atoms with Crippen molar-refractivity contribution >= 4 is 29.4 Å². The molecule has 3 amide bonds. The Morgan fingerprint density at radius 3 is 2.29 bits per heavy atom. The predicted octanol–water partition coefficient (Wildman–Crippen LogP) is 4.27. The highest BCUT2D eigenvalue weighted by Crippen LogP contribution is 2.35. The molecule has 3 fully saturated rings. The highest BCUT2D eigenvalue weighted by atomic mass is 32.2. The lowest BCUT2D eigenvalue weighted by molar-refractivity contribution is -0.136. The molecular formula is C24H36N4O2S. The maximum absolute atomic E-state index is 12.7. The monoisotopic (exact) mass is 444 g/mol. The minimum atomic E-state index is -0.0492. The second-order valence-corrected chi connectivity index (χ2v) is 10.5. The molecule has 0 radical (unpaired) electrons. The first kappa shape index (κ1) is 22.5. The zero-order chi connectivity index (χ0) is 21.6. The van der Waals surface area contributed by atoms with E-state index in [1.165, 1.54) is 37.0 Å². The van der Waals surface area contributed by atoms with Crippen molar-refractivity contribution in [1.82, 2.24) is 14.7 Å². The minimum Gasteiger partial charge on any atom is -0.339 e. The van der Waals surface area contributed by atoms with Crippen LogP contribution < -0.4 is 5.32 Å². The van der Waals surface area contributed by atoms with E-state index in [0.29, 0.717) is 25.7 Å². The maximum Gasteiger partial charge on any atom is 0.321 e. The molecule has 2 aliphatic heterocycles. The van der Waals surface area contributed by atoms with Crippen molar-refractivity contribution in [1.29, 1.82) is 0 Å². The fourth-order valence-corrected chi connectivity index (χ4v) is 6.12. The van der Waals surface area contributed by atoms with Crippen molar-refractivity contribution < 1.29 is 9.59 Å². The number of carbonyl (C=O) groups excluding carboxylic acids is 2. The Bertz CT molecular complexity index is 742. The van der Waals surface area contributed by atoms with E-state index in [2.05, 4.69) is 29.3 Å². The summed E-state index contributed by atoms with van der Waals surface area (Å²) < 4.78 is 0. The maximum atomic E-state index is 12.7. The van der Waals surface area contributed by atoms with Crippen LogP contribution in [-0.4, -0.2) is 77.2 Å². The number of carbonyl (C=O) groups is 2. The summed E-state index contributed by atoms with van der Waals surface area (Å²) in [4.78, 5) is 32.7. The van der Waals surface area contributed by atoms with Gasteiger partial charge in [-0.2, -0.15) is 0 Å². The molecule has 0 aromatic heterocycles. The Morgan fingerprint density at radius 2 is 1.61 bits per heavy atom. The second-order valence-electron chi connectivity index (χ2n) is 9.17. The number of hydrogen-bond acceptors (Lipinski definition) is 4. The number of piperazine rings is 1. The Hall–Kier alpha value is -1.73. The molecule has 2 saturated heterocycles. The van der Waals surface area contributed by atoms with E-state index in [9.17, 15) is 9.59 Å². The molecule has 31 heavy (non-hydrogen) atoms. The molecule has 7 heteroatoms. The fourth-order valence-electron chi connectivity index (χ4n) is 4.88. The van der Waals surface area contributed by atoms with E-state index in [1.54, 1.807) is 0 Å². The van der Waals surface area contributed by atoms with E-state index in [-0.39, 0.29) is 11.9 Å². The number of nitrogens with zero attached hydrogens (tertiary/aromatic N) is 3. The summed E-state index contributed by atoms with van der Waals surface area (Å²) in [6.07, 6.45) is 8.79. The van der Waals surface area contributed by atoms with Crippen LogP contribution in [0.5, 0.6) is 0 Å². The second kappa shape index (κ2) is 10.7. The van der Waals surface area contributed by atoms with Crippen LogP contribution in [0.1, 0.15) is 51.9 Å². The average Bonchev–Trinajstić information content (AvgIpc) is 3.29. The number of nitrogens with one attached hydrogen (secondary N) is 1. The molecule has 2 heterocycles. The Morgan fingerprint density at radius 1 is 0.935 bits per heavy atom. The van der Waals surface area contributed by atoms with Crippen molar-refractivity contribution in [2.45, 2.75) is 68.1 Å². The molecule has 170 valence electrons. The van der Waals surface area contributed by atoms with Crippen LogP contribution in [0, 0.1) is 0 Å². The molecule has 1 N–H and O–H groups in total. The molecule has 4 rings (SSSR count). The molecule has 1 aliphatic carbocycles. The molecule has 1 saturated carbocycles. The van der Waals surface area contributed by atoms with Gasteiger partial charge >= 0.3 is 6.03 Å². The Balaban J connectivity index is 1.19. The van der Waals surface area contributed by atoms with Crippen molar-refractivity contribution in [2.24, 2.45) is 0 Å². The van der Waals surface area contributed by atoms with Crippen LogP contribution in [0.25, 0.3) is 0 Å². The van der Waals surface area contributed by atoms with Crippen LogP contribution >= 0.6 is 11.8 Å². The van der Waals surface area contributed by atoms with Gasteiger partial charge in [-0.05, 0) is 63.3 Å². The van der Waals surface area contributed by atoms with Gasteiger partial charge in [0.05, 0.1) is 6.54 Å². The van der Waals surface area contributed by atoms with Crippen molar-refractivity contribution in [2.75, 3.05) is 44.6 Å². The van der Waals surface area contributed by atoms with Crippen molar-refractivity contribution in [3.63, 3.8) is 0 Å². The predicted molar refractivity (Wildman–Crippen MR) is 127 cm³/mol. The van der Waals surface area contributed by atoms with Gasteiger partial charge in [-0.15, -0.1) is 11.8 Å². The number of anilines is 1. The third-order valence-corrected chi connectivity index (χ3v) is 8.20. The molecule has 3 aliphatic rings. The number of likely N-dealkylation sites (tertiary alicyclic amines) is 1. The van der Waals surface area contributed by atoms with Crippen LogP contribution in [-0.2, 0) is 4.79 Å². The first-order chi connectivity index (χ1) is 15.1. The number of urea groups is 1. The lowest BCUT2D eigenvalue weighted by atomic mass is 10.0. The number of rotatable bonds is 5. The van der Waals surface area contributed by atoms with Crippen LogP contribution in [0.15, 0.2) is 29.2 Å². The molecule has 0 spiro atoms. The number of hydrogen-bond donors (Lipinski definition) is 1. The van der Waals surface area contributed by atoms with Gasteiger partial charge in [0.2, 0.25) is 5.91 Å².